The highest BCUT2D eigenvalue weighted by atomic mass is 16.3. The van der Waals surface area contributed by atoms with E-state index in [0.717, 1.165) is 36.5 Å². The van der Waals surface area contributed by atoms with Crippen LogP contribution in [0.25, 0.3) is 0 Å². The Bertz CT molecular complexity index is 616. The minimum atomic E-state index is -0.111. The number of aliphatic hydroxyl groups excluding tert-OH is 1. The molecule has 3 aliphatic rings. The van der Waals surface area contributed by atoms with Crippen LogP contribution in [0, 0.1) is 40.4 Å². The van der Waals surface area contributed by atoms with Crippen molar-refractivity contribution < 1.29 is 5.11 Å². The van der Waals surface area contributed by atoms with Crippen LogP contribution in [0.2, 0.25) is 0 Å². The third-order valence-electron chi connectivity index (χ3n) is 10.1. The molecule has 0 saturated heterocycles. The fraction of sp³-hybridized carbons (Fsp3) is 0.857. The second-order valence-corrected chi connectivity index (χ2v) is 11.8. The number of rotatable bonds is 6. The molecular weight excluding hydrogens is 352 g/mol. The van der Waals surface area contributed by atoms with Crippen molar-refractivity contribution in [1.82, 2.24) is 0 Å². The average molecular weight is 401 g/mol. The standard InChI is InChI=1S/C28H48O/c1-8-22-18-25(29)14-16-27(22,6)24-13-15-28(7)23(17-24)11-12-26(28)21(5)10-9-20(4)19(2)3/h8,19,21,23-26,29H,4,9-18H2,1-3,5-7H3. The summed E-state index contributed by atoms with van der Waals surface area (Å²) in [5.74, 6) is 4.07. The van der Waals surface area contributed by atoms with Crippen molar-refractivity contribution in [1.29, 1.82) is 0 Å². The first-order valence-corrected chi connectivity index (χ1v) is 12.6. The Morgan fingerprint density at radius 2 is 1.83 bits per heavy atom. The summed E-state index contributed by atoms with van der Waals surface area (Å²) in [5, 5.41) is 10.2. The molecular formula is C28H48O. The van der Waals surface area contributed by atoms with E-state index >= 15 is 0 Å². The van der Waals surface area contributed by atoms with E-state index in [-0.39, 0.29) is 6.10 Å². The normalized spacial score (nSPS) is 42.8. The minimum Gasteiger partial charge on any atom is -0.393 e. The molecule has 7 unspecified atom stereocenters. The van der Waals surface area contributed by atoms with Crippen molar-refractivity contribution >= 4 is 0 Å². The molecule has 29 heavy (non-hydrogen) atoms. The van der Waals surface area contributed by atoms with Gasteiger partial charge in [-0.1, -0.05) is 58.4 Å². The summed E-state index contributed by atoms with van der Waals surface area (Å²) in [6.07, 6.45) is 14.9. The lowest BCUT2D eigenvalue weighted by molar-refractivity contribution is -0.00360. The molecule has 3 rings (SSSR count). The summed E-state index contributed by atoms with van der Waals surface area (Å²) in [7, 11) is 0. The van der Waals surface area contributed by atoms with E-state index in [4.69, 9.17) is 0 Å². The molecule has 0 aromatic carbocycles. The predicted molar refractivity (Wildman–Crippen MR) is 126 cm³/mol. The van der Waals surface area contributed by atoms with Gasteiger partial charge in [-0.3, -0.25) is 0 Å². The van der Waals surface area contributed by atoms with E-state index in [0.29, 0.717) is 16.7 Å². The van der Waals surface area contributed by atoms with Crippen LogP contribution >= 0.6 is 0 Å². The van der Waals surface area contributed by atoms with Crippen LogP contribution in [0.4, 0.5) is 0 Å². The van der Waals surface area contributed by atoms with E-state index in [1.54, 1.807) is 5.57 Å². The van der Waals surface area contributed by atoms with E-state index in [1.165, 1.54) is 56.9 Å². The van der Waals surface area contributed by atoms with Crippen LogP contribution < -0.4 is 0 Å². The Hall–Kier alpha value is -0.560. The number of hydrogen-bond acceptors (Lipinski definition) is 1. The minimum absolute atomic E-state index is 0.111. The number of aliphatic hydroxyl groups is 1. The van der Waals surface area contributed by atoms with Gasteiger partial charge in [-0.05, 0) is 112 Å². The van der Waals surface area contributed by atoms with Gasteiger partial charge in [-0.2, -0.15) is 0 Å². The maximum Gasteiger partial charge on any atom is 0.0577 e. The molecule has 166 valence electrons. The fourth-order valence-electron chi connectivity index (χ4n) is 7.61. The number of fused-ring (bicyclic) bond motifs is 1. The first-order valence-electron chi connectivity index (χ1n) is 12.6. The smallest absolute Gasteiger partial charge is 0.0577 e. The maximum absolute atomic E-state index is 10.2. The van der Waals surface area contributed by atoms with Crippen molar-refractivity contribution in [3.05, 3.63) is 23.8 Å². The zero-order valence-corrected chi connectivity index (χ0v) is 20.3. The van der Waals surface area contributed by atoms with Gasteiger partial charge < -0.3 is 5.11 Å². The molecule has 1 nitrogen and oxygen atoms in total. The van der Waals surface area contributed by atoms with Crippen molar-refractivity contribution in [3.8, 4) is 0 Å². The second kappa shape index (κ2) is 8.89. The Morgan fingerprint density at radius 1 is 1.10 bits per heavy atom. The number of hydrogen-bond donors (Lipinski definition) is 1. The summed E-state index contributed by atoms with van der Waals surface area (Å²) >= 11 is 0. The molecule has 0 radical (unpaired) electrons. The van der Waals surface area contributed by atoms with Crippen molar-refractivity contribution in [2.45, 2.75) is 112 Å². The Morgan fingerprint density at radius 3 is 2.48 bits per heavy atom. The molecule has 0 aromatic heterocycles. The lowest BCUT2D eigenvalue weighted by Crippen LogP contribution is -2.44. The first-order chi connectivity index (χ1) is 13.6. The van der Waals surface area contributed by atoms with Gasteiger partial charge in [0, 0.05) is 0 Å². The van der Waals surface area contributed by atoms with E-state index < -0.39 is 0 Å². The van der Waals surface area contributed by atoms with Crippen LogP contribution in [0.15, 0.2) is 23.8 Å². The van der Waals surface area contributed by atoms with Crippen molar-refractivity contribution in [2.75, 3.05) is 0 Å². The Balaban J connectivity index is 1.66. The number of allylic oxidation sites excluding steroid dienone is 2. The summed E-state index contributed by atoms with van der Waals surface area (Å²) in [6, 6.07) is 0. The summed E-state index contributed by atoms with van der Waals surface area (Å²) in [5.41, 5.74) is 3.86. The lowest BCUT2D eigenvalue weighted by Gasteiger charge is -2.52. The maximum atomic E-state index is 10.2. The largest absolute Gasteiger partial charge is 0.393 e. The summed E-state index contributed by atoms with van der Waals surface area (Å²) < 4.78 is 0. The molecule has 0 heterocycles. The highest BCUT2D eigenvalue weighted by Crippen LogP contribution is 2.63. The Kier molecular flexibility index (Phi) is 7.09. The molecule has 3 aliphatic carbocycles. The fourth-order valence-corrected chi connectivity index (χ4v) is 7.61. The molecule has 0 spiro atoms. The molecule has 7 atom stereocenters. The molecule has 0 aliphatic heterocycles. The van der Waals surface area contributed by atoms with Crippen LogP contribution in [0.5, 0.6) is 0 Å². The van der Waals surface area contributed by atoms with Gasteiger partial charge in [0.1, 0.15) is 0 Å². The molecule has 0 amide bonds. The average Bonchev–Trinajstić information content (AvgIpc) is 3.03. The monoisotopic (exact) mass is 400 g/mol. The highest BCUT2D eigenvalue weighted by Gasteiger charge is 2.53. The highest BCUT2D eigenvalue weighted by molar-refractivity contribution is 5.20. The quantitative estimate of drug-likeness (QED) is 0.448. The molecule has 3 fully saturated rings. The van der Waals surface area contributed by atoms with E-state index in [9.17, 15) is 5.11 Å². The molecule has 1 N–H and O–H groups in total. The van der Waals surface area contributed by atoms with Gasteiger partial charge in [-0.15, -0.1) is 0 Å². The van der Waals surface area contributed by atoms with Gasteiger partial charge in [0.05, 0.1) is 6.10 Å². The van der Waals surface area contributed by atoms with Crippen molar-refractivity contribution in [2.24, 2.45) is 40.4 Å². The molecule has 3 saturated carbocycles. The van der Waals surface area contributed by atoms with Crippen LogP contribution in [0.1, 0.15) is 106 Å². The van der Waals surface area contributed by atoms with Gasteiger partial charge in [-0.25, -0.2) is 0 Å². The van der Waals surface area contributed by atoms with Crippen LogP contribution in [0.3, 0.4) is 0 Å². The zero-order chi connectivity index (χ0) is 21.4. The third-order valence-corrected chi connectivity index (χ3v) is 10.1. The zero-order valence-electron chi connectivity index (χ0n) is 20.3. The Labute approximate surface area is 181 Å². The summed E-state index contributed by atoms with van der Waals surface area (Å²) in [6.45, 7) is 18.8. The van der Waals surface area contributed by atoms with E-state index in [2.05, 4.69) is 54.2 Å². The molecule has 0 aromatic rings. The second-order valence-electron chi connectivity index (χ2n) is 11.8. The van der Waals surface area contributed by atoms with Gasteiger partial charge in [0.2, 0.25) is 0 Å². The topological polar surface area (TPSA) is 20.2 Å². The molecule has 0 bridgehead atoms. The van der Waals surface area contributed by atoms with Gasteiger partial charge in [0.25, 0.3) is 0 Å². The lowest BCUT2D eigenvalue weighted by atomic mass is 9.53. The van der Waals surface area contributed by atoms with Crippen molar-refractivity contribution in [3.63, 3.8) is 0 Å². The predicted octanol–water partition coefficient (Wildman–Crippen LogP) is 7.94. The van der Waals surface area contributed by atoms with Crippen LogP contribution in [-0.4, -0.2) is 11.2 Å². The van der Waals surface area contributed by atoms with Gasteiger partial charge in [0.15, 0.2) is 0 Å². The van der Waals surface area contributed by atoms with Crippen LogP contribution in [-0.2, 0) is 0 Å². The van der Waals surface area contributed by atoms with E-state index in [1.807, 2.05) is 0 Å². The summed E-state index contributed by atoms with van der Waals surface area (Å²) in [4.78, 5) is 0. The third kappa shape index (κ3) is 4.41. The molecule has 1 heteroatoms. The first kappa shape index (κ1) is 23.1. The van der Waals surface area contributed by atoms with Gasteiger partial charge >= 0.3 is 0 Å². The SMILES string of the molecule is C=C(CCC(C)C1CCC2CC(C3(C)CCC(O)CC3=CC)CCC21C)C(C)C.